The molecule has 19 heavy (non-hydrogen) atoms. The molecular formula is C12H10N2O4S. The summed E-state index contributed by atoms with van der Waals surface area (Å²) in [5, 5.41) is 22.6. The fraction of sp³-hybridized carbons (Fsp3) is 0.0833. The Morgan fingerprint density at radius 2 is 2.05 bits per heavy atom. The smallest absolute Gasteiger partial charge is 0.337 e. The van der Waals surface area contributed by atoms with Crippen LogP contribution in [0.15, 0.2) is 36.4 Å². The molecule has 0 amide bonds. The van der Waals surface area contributed by atoms with E-state index in [1.807, 2.05) is 0 Å². The molecule has 7 heteroatoms. The third kappa shape index (κ3) is 3.08. The lowest BCUT2D eigenvalue weighted by Crippen LogP contribution is -2.05. The van der Waals surface area contributed by atoms with Gasteiger partial charge in [0.1, 0.15) is 0 Å². The number of nitro groups is 1. The van der Waals surface area contributed by atoms with Crippen molar-refractivity contribution in [2.45, 2.75) is 6.54 Å². The Morgan fingerprint density at radius 3 is 2.68 bits per heavy atom. The molecule has 0 spiro atoms. The van der Waals surface area contributed by atoms with Gasteiger partial charge in [-0.05, 0) is 18.2 Å². The molecular weight excluding hydrogens is 268 g/mol. The second kappa shape index (κ2) is 5.49. The van der Waals surface area contributed by atoms with Crippen molar-refractivity contribution < 1.29 is 14.8 Å². The maximum absolute atomic E-state index is 11.0. The van der Waals surface area contributed by atoms with E-state index >= 15 is 0 Å². The first-order chi connectivity index (χ1) is 9.08. The van der Waals surface area contributed by atoms with E-state index in [1.165, 1.54) is 12.1 Å². The van der Waals surface area contributed by atoms with Crippen LogP contribution in [0.4, 0.5) is 10.7 Å². The van der Waals surface area contributed by atoms with Gasteiger partial charge >= 0.3 is 11.0 Å². The van der Waals surface area contributed by atoms with E-state index < -0.39 is 10.9 Å². The van der Waals surface area contributed by atoms with Gasteiger partial charge in [-0.15, -0.1) is 0 Å². The topological polar surface area (TPSA) is 92.5 Å². The molecule has 1 aromatic carbocycles. The Labute approximate surface area is 112 Å². The Kier molecular flexibility index (Phi) is 3.76. The molecule has 2 aromatic rings. The molecule has 0 unspecified atom stereocenters. The molecule has 98 valence electrons. The van der Waals surface area contributed by atoms with Crippen molar-refractivity contribution in [3.63, 3.8) is 0 Å². The van der Waals surface area contributed by atoms with Gasteiger partial charge in [0.25, 0.3) is 0 Å². The van der Waals surface area contributed by atoms with E-state index in [-0.39, 0.29) is 10.6 Å². The number of thiophene rings is 1. The van der Waals surface area contributed by atoms with Gasteiger partial charge < -0.3 is 10.4 Å². The number of carboxylic acid groups (broad SMARTS) is 1. The number of carbonyl (C=O) groups is 1. The number of carboxylic acids is 1. The lowest BCUT2D eigenvalue weighted by Gasteiger charge is -2.07. The van der Waals surface area contributed by atoms with Crippen LogP contribution < -0.4 is 5.32 Å². The zero-order valence-electron chi connectivity index (χ0n) is 9.70. The van der Waals surface area contributed by atoms with E-state index in [0.717, 1.165) is 16.2 Å². The second-order valence-corrected chi connectivity index (χ2v) is 4.85. The van der Waals surface area contributed by atoms with Crippen LogP contribution in [-0.2, 0) is 6.54 Å². The minimum Gasteiger partial charge on any atom is -0.478 e. The SMILES string of the molecule is O=C(O)c1ccccc1NCc1ccc([N+](=O)[O-])s1. The van der Waals surface area contributed by atoms with Gasteiger partial charge in [0.15, 0.2) is 0 Å². The van der Waals surface area contributed by atoms with Gasteiger partial charge in [-0.1, -0.05) is 23.5 Å². The fourth-order valence-corrected chi connectivity index (χ4v) is 2.33. The normalized spacial score (nSPS) is 10.1. The van der Waals surface area contributed by atoms with Gasteiger partial charge in [0.05, 0.1) is 10.5 Å². The van der Waals surface area contributed by atoms with Crippen LogP contribution in [0.3, 0.4) is 0 Å². The highest BCUT2D eigenvalue weighted by molar-refractivity contribution is 7.15. The number of anilines is 1. The highest BCUT2D eigenvalue weighted by Crippen LogP contribution is 2.25. The molecule has 1 heterocycles. The largest absolute Gasteiger partial charge is 0.478 e. The third-order valence-electron chi connectivity index (χ3n) is 2.44. The molecule has 0 aliphatic rings. The number of hydrogen-bond donors (Lipinski definition) is 2. The Balaban J connectivity index is 2.10. The average Bonchev–Trinajstić information content (AvgIpc) is 2.85. The Morgan fingerprint density at radius 1 is 1.32 bits per heavy atom. The average molecular weight is 278 g/mol. The molecule has 0 saturated carbocycles. The van der Waals surface area contributed by atoms with Crippen molar-refractivity contribution in [2.24, 2.45) is 0 Å². The van der Waals surface area contributed by atoms with Crippen LogP contribution in [0.5, 0.6) is 0 Å². The number of hydrogen-bond acceptors (Lipinski definition) is 5. The maximum atomic E-state index is 11.0. The third-order valence-corrected chi connectivity index (χ3v) is 3.47. The predicted molar refractivity (Wildman–Crippen MR) is 71.7 cm³/mol. The summed E-state index contributed by atoms with van der Waals surface area (Å²) in [4.78, 5) is 21.9. The minimum absolute atomic E-state index is 0.0725. The van der Waals surface area contributed by atoms with Crippen LogP contribution >= 0.6 is 11.3 Å². The van der Waals surface area contributed by atoms with Crippen molar-refractivity contribution in [2.75, 3.05) is 5.32 Å². The zero-order chi connectivity index (χ0) is 13.8. The van der Waals surface area contributed by atoms with Gasteiger partial charge in [-0.2, -0.15) is 0 Å². The van der Waals surface area contributed by atoms with E-state index in [2.05, 4.69) is 5.32 Å². The minimum atomic E-state index is -1.01. The number of nitrogens with one attached hydrogen (secondary N) is 1. The highest BCUT2D eigenvalue weighted by Gasteiger charge is 2.11. The molecule has 0 bridgehead atoms. The summed E-state index contributed by atoms with van der Waals surface area (Å²) in [7, 11) is 0. The van der Waals surface area contributed by atoms with Crippen molar-refractivity contribution in [1.82, 2.24) is 0 Å². The monoisotopic (exact) mass is 278 g/mol. The summed E-state index contributed by atoms with van der Waals surface area (Å²) < 4.78 is 0. The Hall–Kier alpha value is -2.41. The first-order valence-corrected chi connectivity index (χ1v) is 6.19. The number of nitrogens with zero attached hydrogens (tertiary/aromatic N) is 1. The highest BCUT2D eigenvalue weighted by atomic mass is 32.1. The first-order valence-electron chi connectivity index (χ1n) is 5.37. The van der Waals surface area contributed by atoms with Crippen molar-refractivity contribution in [1.29, 1.82) is 0 Å². The maximum Gasteiger partial charge on any atom is 0.337 e. The van der Waals surface area contributed by atoms with Gasteiger partial charge in [-0.3, -0.25) is 10.1 Å². The molecule has 2 N–H and O–H groups in total. The lowest BCUT2D eigenvalue weighted by molar-refractivity contribution is -0.380. The van der Waals surface area contributed by atoms with Gasteiger partial charge in [-0.25, -0.2) is 4.79 Å². The summed E-state index contributed by atoms with van der Waals surface area (Å²) in [6.07, 6.45) is 0. The molecule has 6 nitrogen and oxygen atoms in total. The van der Waals surface area contributed by atoms with E-state index in [0.29, 0.717) is 12.2 Å². The summed E-state index contributed by atoms with van der Waals surface area (Å²) in [5.74, 6) is -1.01. The summed E-state index contributed by atoms with van der Waals surface area (Å²) in [5.41, 5.74) is 0.666. The van der Waals surface area contributed by atoms with Crippen LogP contribution in [0.2, 0.25) is 0 Å². The Bertz CT molecular complexity index is 624. The number of benzene rings is 1. The van der Waals surface area contributed by atoms with Gasteiger partial charge in [0.2, 0.25) is 0 Å². The molecule has 0 atom stereocenters. The van der Waals surface area contributed by atoms with E-state index in [9.17, 15) is 14.9 Å². The van der Waals surface area contributed by atoms with Crippen LogP contribution in [-0.4, -0.2) is 16.0 Å². The molecule has 2 rings (SSSR count). The second-order valence-electron chi connectivity index (χ2n) is 3.70. The number of para-hydroxylation sites is 1. The quantitative estimate of drug-likeness (QED) is 0.648. The van der Waals surface area contributed by atoms with Crippen molar-refractivity contribution in [3.05, 3.63) is 57.0 Å². The standard InChI is InChI=1S/C12H10N2O4S/c15-12(16)9-3-1-2-4-10(9)13-7-8-5-6-11(19-8)14(17)18/h1-6,13H,7H2,(H,15,16). The number of aromatic carboxylic acids is 1. The first kappa shape index (κ1) is 13.0. The van der Waals surface area contributed by atoms with Crippen molar-refractivity contribution >= 4 is 28.0 Å². The predicted octanol–water partition coefficient (Wildman–Crippen LogP) is 2.97. The van der Waals surface area contributed by atoms with E-state index in [4.69, 9.17) is 5.11 Å². The molecule has 0 radical (unpaired) electrons. The number of rotatable bonds is 5. The van der Waals surface area contributed by atoms with Crippen LogP contribution in [0, 0.1) is 10.1 Å². The van der Waals surface area contributed by atoms with Crippen LogP contribution in [0.1, 0.15) is 15.2 Å². The molecule has 0 saturated heterocycles. The van der Waals surface area contributed by atoms with Gasteiger partial charge in [0, 0.05) is 23.2 Å². The zero-order valence-corrected chi connectivity index (χ0v) is 10.5. The molecule has 0 fully saturated rings. The molecule has 1 aromatic heterocycles. The van der Waals surface area contributed by atoms with Crippen molar-refractivity contribution in [3.8, 4) is 0 Å². The molecule has 0 aliphatic heterocycles. The van der Waals surface area contributed by atoms with E-state index in [1.54, 1.807) is 24.3 Å². The summed E-state index contributed by atoms with van der Waals surface area (Å²) >= 11 is 1.07. The lowest BCUT2D eigenvalue weighted by atomic mass is 10.2. The van der Waals surface area contributed by atoms with Crippen LogP contribution in [0.25, 0.3) is 0 Å². The fourth-order valence-electron chi connectivity index (χ4n) is 1.57. The summed E-state index contributed by atoms with van der Waals surface area (Å²) in [6.45, 7) is 0.350. The molecule has 0 aliphatic carbocycles. The summed E-state index contributed by atoms with van der Waals surface area (Å²) in [6, 6.07) is 9.62.